The highest BCUT2D eigenvalue weighted by atomic mass is 14.9. The van der Waals surface area contributed by atoms with Gasteiger partial charge in [0.2, 0.25) is 0 Å². The van der Waals surface area contributed by atoms with Crippen molar-refractivity contribution < 1.29 is 0 Å². The van der Waals surface area contributed by atoms with Crippen molar-refractivity contribution in [2.45, 2.75) is 25.7 Å². The van der Waals surface area contributed by atoms with Crippen molar-refractivity contribution in [2.24, 2.45) is 0 Å². The minimum atomic E-state index is 0.00816. The van der Waals surface area contributed by atoms with Gasteiger partial charge in [0.25, 0.3) is 0 Å². The molecule has 0 atom stereocenters. The van der Waals surface area contributed by atoms with Gasteiger partial charge in [-0.2, -0.15) is 0 Å². The summed E-state index contributed by atoms with van der Waals surface area (Å²) in [5.74, 6) is 0. The van der Waals surface area contributed by atoms with Crippen LogP contribution in [-0.2, 0) is 5.41 Å². The highest BCUT2D eigenvalue weighted by Crippen LogP contribution is 2.51. The molecule has 0 amide bonds. The summed E-state index contributed by atoms with van der Waals surface area (Å²) in [5.41, 5.74) is 7.88. The molecule has 2 aliphatic carbocycles. The van der Waals surface area contributed by atoms with Crippen LogP contribution in [-0.4, -0.2) is 0 Å². The molecule has 23 heavy (non-hydrogen) atoms. The van der Waals surface area contributed by atoms with Gasteiger partial charge in [-0.1, -0.05) is 68.5 Å². The average Bonchev–Trinajstić information content (AvgIpc) is 2.73. The van der Waals surface area contributed by atoms with Crippen LogP contribution in [0.25, 0.3) is 5.57 Å². The number of hydrogen-bond donors (Lipinski definition) is 1. The second kappa shape index (κ2) is 5.27. The molecule has 1 N–H and O–H groups in total. The van der Waals surface area contributed by atoms with E-state index in [-0.39, 0.29) is 5.41 Å². The summed E-state index contributed by atoms with van der Waals surface area (Å²) in [6.07, 6.45) is 10.1. The molecule has 0 unspecified atom stereocenters. The highest BCUT2D eigenvalue weighted by Gasteiger charge is 2.37. The van der Waals surface area contributed by atoms with E-state index in [1.807, 2.05) is 6.07 Å². The molecule has 0 aromatic heterocycles. The molecule has 2 aromatic carbocycles. The summed E-state index contributed by atoms with van der Waals surface area (Å²) in [6, 6.07) is 17.0. The monoisotopic (exact) mass is 299 g/mol. The summed E-state index contributed by atoms with van der Waals surface area (Å²) in [6.45, 7) is 4.65. The van der Waals surface area contributed by atoms with E-state index in [0.717, 1.165) is 12.1 Å². The van der Waals surface area contributed by atoms with Gasteiger partial charge in [0.15, 0.2) is 0 Å². The van der Waals surface area contributed by atoms with Crippen molar-refractivity contribution in [2.75, 3.05) is 5.32 Å². The normalized spacial score (nSPS) is 17.7. The Hall–Kier alpha value is -2.54. The third kappa shape index (κ3) is 2.24. The molecule has 1 nitrogen and oxygen atoms in total. The van der Waals surface area contributed by atoms with Crippen LogP contribution >= 0.6 is 0 Å². The molecule has 0 spiro atoms. The van der Waals surface area contributed by atoms with E-state index in [9.17, 15) is 0 Å². The van der Waals surface area contributed by atoms with Crippen LogP contribution in [0.4, 0.5) is 11.4 Å². The number of allylic oxidation sites excluding steroid dienone is 6. The first-order valence-electron chi connectivity index (χ1n) is 8.22. The minimum absolute atomic E-state index is 0.00816. The third-order valence-corrected chi connectivity index (χ3v) is 4.84. The Morgan fingerprint density at radius 2 is 1.65 bits per heavy atom. The zero-order valence-electron chi connectivity index (χ0n) is 13.6. The number of fused-ring (bicyclic) bond motifs is 2. The first-order valence-corrected chi connectivity index (χ1v) is 8.22. The molecule has 4 rings (SSSR count). The highest BCUT2D eigenvalue weighted by molar-refractivity contribution is 5.91. The van der Waals surface area contributed by atoms with Gasteiger partial charge in [-0.3, -0.25) is 0 Å². The lowest BCUT2D eigenvalue weighted by Gasteiger charge is -2.26. The Morgan fingerprint density at radius 3 is 2.48 bits per heavy atom. The zero-order chi connectivity index (χ0) is 15.9. The summed E-state index contributed by atoms with van der Waals surface area (Å²) >= 11 is 0. The van der Waals surface area contributed by atoms with Gasteiger partial charge in [-0.05, 0) is 46.9 Å². The zero-order valence-corrected chi connectivity index (χ0v) is 13.6. The SMILES string of the molecule is CC1(C)C2=C(C=CCC=C2)c2cccc(Nc3ccccc3)c21. The topological polar surface area (TPSA) is 12.0 Å². The first kappa shape index (κ1) is 14.1. The van der Waals surface area contributed by atoms with Crippen molar-refractivity contribution in [3.05, 3.63) is 89.5 Å². The Balaban J connectivity index is 1.86. The maximum absolute atomic E-state index is 3.61. The maximum atomic E-state index is 3.61. The second-order valence-electron chi connectivity index (χ2n) is 6.71. The molecular weight excluding hydrogens is 278 g/mol. The van der Waals surface area contributed by atoms with E-state index >= 15 is 0 Å². The predicted octanol–water partition coefficient (Wildman–Crippen LogP) is 5.99. The summed E-state index contributed by atoms with van der Waals surface area (Å²) in [5, 5.41) is 3.61. The van der Waals surface area contributed by atoms with Crippen LogP contribution in [0.2, 0.25) is 0 Å². The lowest BCUT2D eigenvalue weighted by atomic mass is 9.80. The Kier molecular flexibility index (Phi) is 3.23. The average molecular weight is 299 g/mol. The molecule has 0 heterocycles. The largest absolute Gasteiger partial charge is 0.355 e. The number of nitrogens with one attached hydrogen (secondary N) is 1. The molecule has 0 saturated heterocycles. The minimum Gasteiger partial charge on any atom is -0.355 e. The van der Waals surface area contributed by atoms with Crippen LogP contribution in [0.3, 0.4) is 0 Å². The molecule has 114 valence electrons. The Morgan fingerprint density at radius 1 is 0.870 bits per heavy atom. The number of anilines is 2. The quantitative estimate of drug-likeness (QED) is 0.718. The van der Waals surface area contributed by atoms with Crippen LogP contribution in [0, 0.1) is 0 Å². The lowest BCUT2D eigenvalue weighted by molar-refractivity contribution is 0.656. The number of benzene rings is 2. The molecule has 2 aliphatic rings. The van der Waals surface area contributed by atoms with Gasteiger partial charge < -0.3 is 5.32 Å². The Bertz CT molecular complexity index is 836. The van der Waals surface area contributed by atoms with Crippen molar-refractivity contribution in [3.8, 4) is 0 Å². The fraction of sp³-hybridized carbons (Fsp3) is 0.182. The summed E-state index contributed by atoms with van der Waals surface area (Å²) in [4.78, 5) is 0. The van der Waals surface area contributed by atoms with Crippen LogP contribution < -0.4 is 5.32 Å². The molecule has 0 radical (unpaired) electrons. The van der Waals surface area contributed by atoms with Gasteiger partial charge in [0.05, 0.1) is 0 Å². The molecular formula is C22H21N. The summed E-state index contributed by atoms with van der Waals surface area (Å²) in [7, 11) is 0. The van der Waals surface area contributed by atoms with Crippen molar-refractivity contribution in [1.29, 1.82) is 0 Å². The molecule has 0 bridgehead atoms. The van der Waals surface area contributed by atoms with Crippen molar-refractivity contribution in [3.63, 3.8) is 0 Å². The second-order valence-corrected chi connectivity index (χ2v) is 6.71. The van der Waals surface area contributed by atoms with Crippen LogP contribution in [0.1, 0.15) is 31.4 Å². The van der Waals surface area contributed by atoms with E-state index in [4.69, 9.17) is 0 Å². The van der Waals surface area contributed by atoms with Crippen molar-refractivity contribution >= 4 is 16.9 Å². The molecule has 0 saturated carbocycles. The molecule has 2 aromatic rings. The standard InChI is InChI=1S/C22H21N/c1-22(2)19-14-8-4-7-12-17(19)18-13-9-15-20(21(18)22)23-16-10-5-3-6-11-16/h3,5-15,23H,4H2,1-2H3. The predicted molar refractivity (Wildman–Crippen MR) is 99.0 cm³/mol. The molecule has 0 fully saturated rings. The molecule has 1 heteroatoms. The van der Waals surface area contributed by atoms with Gasteiger partial charge in [-0.15, -0.1) is 0 Å². The Labute approximate surface area is 138 Å². The molecule has 0 aliphatic heterocycles. The van der Waals surface area contributed by atoms with Gasteiger partial charge in [-0.25, -0.2) is 0 Å². The number of para-hydroxylation sites is 1. The third-order valence-electron chi connectivity index (χ3n) is 4.84. The van der Waals surface area contributed by atoms with Crippen LogP contribution in [0.5, 0.6) is 0 Å². The number of hydrogen-bond acceptors (Lipinski definition) is 1. The van der Waals surface area contributed by atoms with Crippen LogP contribution in [0.15, 0.2) is 78.4 Å². The van der Waals surface area contributed by atoms with E-state index in [1.54, 1.807) is 0 Å². The van der Waals surface area contributed by atoms with E-state index in [1.165, 1.54) is 28.0 Å². The van der Waals surface area contributed by atoms with Gasteiger partial charge in [0, 0.05) is 16.8 Å². The van der Waals surface area contributed by atoms with E-state index in [2.05, 4.69) is 85.9 Å². The van der Waals surface area contributed by atoms with Gasteiger partial charge >= 0.3 is 0 Å². The van der Waals surface area contributed by atoms with Crippen molar-refractivity contribution in [1.82, 2.24) is 0 Å². The summed E-state index contributed by atoms with van der Waals surface area (Å²) < 4.78 is 0. The smallest absolute Gasteiger partial charge is 0.0431 e. The fourth-order valence-electron chi connectivity index (χ4n) is 3.78. The first-order chi connectivity index (χ1) is 11.2. The van der Waals surface area contributed by atoms with Gasteiger partial charge in [0.1, 0.15) is 0 Å². The number of rotatable bonds is 2. The van der Waals surface area contributed by atoms with E-state index in [0.29, 0.717) is 0 Å². The fourth-order valence-corrected chi connectivity index (χ4v) is 3.78. The maximum Gasteiger partial charge on any atom is 0.0431 e. The van der Waals surface area contributed by atoms with E-state index < -0.39 is 0 Å². The lowest BCUT2D eigenvalue weighted by Crippen LogP contribution is -2.18.